The molecule has 0 unspecified atom stereocenters. The summed E-state index contributed by atoms with van der Waals surface area (Å²) in [5.41, 5.74) is 5.45. The first-order valence-electron chi connectivity index (χ1n) is 7.18. The number of carbonyl (C=O) groups is 1. The number of hydrogen-bond acceptors (Lipinski definition) is 7. The zero-order valence-electron chi connectivity index (χ0n) is 12.5. The van der Waals surface area contributed by atoms with Crippen molar-refractivity contribution in [3.63, 3.8) is 0 Å². The van der Waals surface area contributed by atoms with E-state index in [1.165, 1.54) is 12.3 Å². The number of hydrogen-bond donors (Lipinski definition) is 2. The molecule has 1 fully saturated rings. The summed E-state index contributed by atoms with van der Waals surface area (Å²) in [6.45, 7) is 2.30. The van der Waals surface area contributed by atoms with Crippen molar-refractivity contribution in [1.29, 1.82) is 0 Å². The van der Waals surface area contributed by atoms with Gasteiger partial charge in [0, 0.05) is 12.7 Å². The molecule has 3 rings (SSSR count). The van der Waals surface area contributed by atoms with Crippen LogP contribution in [0.25, 0.3) is 0 Å². The van der Waals surface area contributed by atoms with Crippen molar-refractivity contribution in [2.75, 3.05) is 11.9 Å². The zero-order valence-corrected chi connectivity index (χ0v) is 13.2. The minimum atomic E-state index is -0.567. The van der Waals surface area contributed by atoms with Crippen LogP contribution in [0.4, 0.5) is 5.82 Å². The van der Waals surface area contributed by atoms with E-state index in [1.54, 1.807) is 6.92 Å². The van der Waals surface area contributed by atoms with Gasteiger partial charge in [0.1, 0.15) is 11.9 Å². The normalized spacial score (nSPS) is 20.6. The highest BCUT2D eigenvalue weighted by Crippen LogP contribution is 2.32. The Morgan fingerprint density at radius 3 is 3.00 bits per heavy atom. The van der Waals surface area contributed by atoms with Gasteiger partial charge in [-0.15, -0.1) is 0 Å². The molecule has 9 heteroatoms. The molecule has 23 heavy (non-hydrogen) atoms. The van der Waals surface area contributed by atoms with E-state index in [1.807, 2.05) is 0 Å². The van der Waals surface area contributed by atoms with Crippen LogP contribution < -0.4 is 11.1 Å². The first-order chi connectivity index (χ1) is 11.0. The van der Waals surface area contributed by atoms with Gasteiger partial charge in [0.25, 0.3) is 5.89 Å². The van der Waals surface area contributed by atoms with E-state index in [-0.39, 0.29) is 17.8 Å². The molecule has 1 aliphatic rings. The minimum Gasteiger partial charge on any atom is -0.366 e. The lowest BCUT2D eigenvalue weighted by molar-refractivity contribution is 0.0326. The second-order valence-corrected chi connectivity index (χ2v) is 5.71. The Bertz CT molecular complexity index is 720. The molecule has 0 aromatic carbocycles. The van der Waals surface area contributed by atoms with Gasteiger partial charge >= 0.3 is 0 Å². The fourth-order valence-corrected chi connectivity index (χ4v) is 2.63. The number of carbonyl (C=O) groups excluding carboxylic acids is 1. The van der Waals surface area contributed by atoms with Crippen LogP contribution in [-0.2, 0) is 4.74 Å². The number of nitrogens with one attached hydrogen (secondary N) is 1. The number of aromatic nitrogens is 3. The van der Waals surface area contributed by atoms with Crippen molar-refractivity contribution < 1.29 is 14.1 Å². The van der Waals surface area contributed by atoms with Gasteiger partial charge < -0.3 is 20.3 Å². The molecule has 0 bridgehead atoms. The number of aryl methyl sites for hydroxylation is 1. The Labute approximate surface area is 137 Å². The summed E-state index contributed by atoms with van der Waals surface area (Å²) >= 11 is 6.08. The molecule has 3 N–H and O–H groups in total. The lowest BCUT2D eigenvalue weighted by atomic mass is 10.2. The van der Waals surface area contributed by atoms with Gasteiger partial charge in [0.15, 0.2) is 5.82 Å². The fourth-order valence-electron chi connectivity index (χ4n) is 2.39. The van der Waals surface area contributed by atoms with Crippen LogP contribution in [0.3, 0.4) is 0 Å². The molecule has 0 radical (unpaired) electrons. The van der Waals surface area contributed by atoms with E-state index < -0.39 is 5.91 Å². The lowest BCUT2D eigenvalue weighted by Gasteiger charge is -2.13. The molecule has 0 aliphatic carbocycles. The smallest absolute Gasteiger partial charge is 0.255 e. The number of halogens is 1. The minimum absolute atomic E-state index is 0.0131. The van der Waals surface area contributed by atoms with Crippen LogP contribution in [0.15, 0.2) is 16.8 Å². The summed E-state index contributed by atoms with van der Waals surface area (Å²) in [5.74, 6) is 1.02. The van der Waals surface area contributed by atoms with Crippen molar-refractivity contribution in [2.45, 2.75) is 32.0 Å². The molecule has 0 saturated carbocycles. The molecule has 0 spiro atoms. The first kappa shape index (κ1) is 15.7. The highest BCUT2D eigenvalue weighted by Gasteiger charge is 2.30. The van der Waals surface area contributed by atoms with Crippen LogP contribution in [0.5, 0.6) is 0 Å². The number of amides is 1. The van der Waals surface area contributed by atoms with E-state index in [9.17, 15) is 4.79 Å². The van der Waals surface area contributed by atoms with Crippen molar-refractivity contribution in [2.24, 2.45) is 5.73 Å². The van der Waals surface area contributed by atoms with Crippen LogP contribution >= 0.6 is 11.6 Å². The number of pyridine rings is 1. The van der Waals surface area contributed by atoms with Crippen LogP contribution in [0.1, 0.15) is 41.0 Å². The number of anilines is 1. The maximum absolute atomic E-state index is 11.1. The van der Waals surface area contributed by atoms with Gasteiger partial charge in [0.05, 0.1) is 16.7 Å². The third-order valence-corrected chi connectivity index (χ3v) is 3.84. The average Bonchev–Trinajstić information content (AvgIpc) is 3.14. The molecular weight excluding hydrogens is 322 g/mol. The van der Waals surface area contributed by atoms with Crippen LogP contribution in [-0.4, -0.2) is 33.7 Å². The van der Waals surface area contributed by atoms with E-state index in [2.05, 4.69) is 20.4 Å². The van der Waals surface area contributed by atoms with Crippen molar-refractivity contribution in [1.82, 2.24) is 15.1 Å². The Morgan fingerprint density at radius 1 is 1.52 bits per heavy atom. The van der Waals surface area contributed by atoms with Gasteiger partial charge in [-0.3, -0.25) is 4.79 Å². The Kier molecular flexibility index (Phi) is 4.44. The summed E-state index contributed by atoms with van der Waals surface area (Å²) in [6.07, 6.45) is 2.87. The fraction of sp³-hybridized carbons (Fsp3) is 0.429. The second-order valence-electron chi connectivity index (χ2n) is 5.30. The SMILES string of the molecule is Cc1noc([C@@H]2CC[C@H](CNc3ncc(C(N)=O)cc3Cl)O2)n1. The molecule has 2 atom stereocenters. The molecule has 2 aromatic rings. The van der Waals surface area contributed by atoms with E-state index >= 15 is 0 Å². The van der Waals surface area contributed by atoms with Gasteiger partial charge in [-0.1, -0.05) is 16.8 Å². The number of ether oxygens (including phenoxy) is 1. The molecular formula is C14H16ClN5O3. The predicted molar refractivity (Wildman–Crippen MR) is 82.1 cm³/mol. The molecule has 8 nitrogen and oxygen atoms in total. The van der Waals surface area contributed by atoms with E-state index in [4.69, 9.17) is 26.6 Å². The first-order valence-corrected chi connectivity index (χ1v) is 7.55. The summed E-state index contributed by atoms with van der Waals surface area (Å²) in [7, 11) is 0. The Balaban J connectivity index is 1.56. The lowest BCUT2D eigenvalue weighted by Crippen LogP contribution is -2.20. The number of nitrogens with two attached hydrogens (primary N) is 1. The topological polar surface area (TPSA) is 116 Å². The summed E-state index contributed by atoms with van der Waals surface area (Å²) in [4.78, 5) is 19.4. The molecule has 2 aromatic heterocycles. The van der Waals surface area contributed by atoms with Gasteiger partial charge in [0.2, 0.25) is 5.91 Å². The maximum Gasteiger partial charge on any atom is 0.255 e. The van der Waals surface area contributed by atoms with Gasteiger partial charge in [-0.2, -0.15) is 4.98 Å². The third kappa shape index (κ3) is 3.59. The highest BCUT2D eigenvalue weighted by atomic mass is 35.5. The predicted octanol–water partition coefficient (Wildman–Crippen LogP) is 1.86. The quantitative estimate of drug-likeness (QED) is 0.855. The van der Waals surface area contributed by atoms with Crippen molar-refractivity contribution >= 4 is 23.3 Å². The maximum atomic E-state index is 11.1. The summed E-state index contributed by atoms with van der Waals surface area (Å²) < 4.78 is 11.0. The largest absolute Gasteiger partial charge is 0.366 e. The third-order valence-electron chi connectivity index (χ3n) is 3.55. The van der Waals surface area contributed by atoms with E-state index in [0.29, 0.717) is 29.1 Å². The number of nitrogens with zero attached hydrogens (tertiary/aromatic N) is 3. The monoisotopic (exact) mass is 337 g/mol. The second kappa shape index (κ2) is 6.51. The number of primary amides is 1. The van der Waals surface area contributed by atoms with Crippen molar-refractivity contribution in [3.05, 3.63) is 34.6 Å². The molecule has 1 aliphatic heterocycles. The zero-order chi connectivity index (χ0) is 16.4. The summed E-state index contributed by atoms with van der Waals surface area (Å²) in [6, 6.07) is 1.48. The molecule has 122 valence electrons. The van der Waals surface area contributed by atoms with Crippen molar-refractivity contribution in [3.8, 4) is 0 Å². The van der Waals surface area contributed by atoms with Gasteiger partial charge in [-0.25, -0.2) is 4.98 Å². The highest BCUT2D eigenvalue weighted by molar-refractivity contribution is 6.33. The van der Waals surface area contributed by atoms with E-state index in [0.717, 1.165) is 12.8 Å². The van der Waals surface area contributed by atoms with Gasteiger partial charge in [-0.05, 0) is 25.8 Å². The van der Waals surface area contributed by atoms with Crippen LogP contribution in [0.2, 0.25) is 5.02 Å². The summed E-state index contributed by atoms with van der Waals surface area (Å²) in [5, 5.41) is 7.21. The standard InChI is InChI=1S/C14H16ClN5O3/c1-7-19-14(23-20-7)11-3-2-9(22-11)6-18-13-10(15)4-8(5-17-13)12(16)21/h4-5,9,11H,2-3,6H2,1H3,(H2,16,21)(H,17,18)/t9-,11+/m1/s1. The Morgan fingerprint density at radius 2 is 2.35 bits per heavy atom. The van der Waals surface area contributed by atoms with Crippen LogP contribution in [0, 0.1) is 6.92 Å². The molecule has 3 heterocycles. The number of rotatable bonds is 5. The molecule has 1 amide bonds. The average molecular weight is 338 g/mol. The molecule has 1 saturated heterocycles. The Hall–Kier alpha value is -2.19.